The minimum Gasteiger partial charge on any atom is -0.479 e. The Morgan fingerprint density at radius 2 is 1.90 bits per heavy atom. The fraction of sp³-hybridized carbons (Fsp3) is 0.609. The monoisotopic (exact) mass is 417 g/mol. The lowest BCUT2D eigenvalue weighted by Crippen LogP contribution is -2.70. The number of ether oxygens (including phenoxy) is 2. The second kappa shape index (κ2) is 8.86. The van der Waals surface area contributed by atoms with Crippen molar-refractivity contribution in [2.45, 2.75) is 70.6 Å². The summed E-state index contributed by atoms with van der Waals surface area (Å²) in [4.78, 5) is 40.1. The number of aliphatic carboxylic acids is 1. The number of benzene rings is 1. The number of Topliss-reactive ketones (excluding diaryl/α,β-unsaturated/α-hetero) is 1. The summed E-state index contributed by atoms with van der Waals surface area (Å²) in [5.74, 6) is -2.44. The van der Waals surface area contributed by atoms with E-state index in [0.29, 0.717) is 25.7 Å². The topological polar surface area (TPSA) is 93.1 Å². The Bertz CT molecular complexity index is 792. The standard InChI is InChI=1S/C23H31NO6/c1-4-22(2,3)18(25)20(26)24-14-12-17-19(30-15-29-17)23(24,21(27)28)13-8-11-16-9-6-5-7-10-16/h5-7,9-10,17,19H,4,8,11-15H2,1-3H3,(H,27,28). The van der Waals surface area contributed by atoms with Crippen LogP contribution in [0.2, 0.25) is 0 Å². The van der Waals surface area contributed by atoms with Crippen LogP contribution in [-0.2, 0) is 30.3 Å². The number of carboxylic acids is 1. The lowest BCUT2D eigenvalue weighted by atomic mass is 9.76. The Morgan fingerprint density at radius 3 is 2.53 bits per heavy atom. The largest absolute Gasteiger partial charge is 0.479 e. The SMILES string of the molecule is CCC(C)(C)C(=O)C(=O)N1CCC2OCOC2C1(CCCc1ccccc1)C(=O)O. The van der Waals surface area contributed by atoms with Crippen molar-refractivity contribution in [2.24, 2.45) is 5.41 Å². The van der Waals surface area contributed by atoms with E-state index in [9.17, 15) is 19.5 Å². The molecule has 3 rings (SSSR count). The van der Waals surface area contributed by atoms with E-state index >= 15 is 0 Å². The number of fused-ring (bicyclic) bond motifs is 1. The first-order valence-corrected chi connectivity index (χ1v) is 10.6. The minimum atomic E-state index is -1.62. The molecule has 7 nitrogen and oxygen atoms in total. The summed E-state index contributed by atoms with van der Waals surface area (Å²) >= 11 is 0. The predicted octanol–water partition coefficient (Wildman–Crippen LogP) is 2.81. The first-order valence-electron chi connectivity index (χ1n) is 10.6. The molecule has 0 bridgehead atoms. The number of nitrogens with zero attached hydrogens (tertiary/aromatic N) is 1. The average Bonchev–Trinajstić information content (AvgIpc) is 3.22. The third-order valence-corrected chi connectivity index (χ3v) is 6.63. The number of hydrogen-bond donors (Lipinski definition) is 1. The second-order valence-corrected chi connectivity index (χ2v) is 8.79. The van der Waals surface area contributed by atoms with Gasteiger partial charge in [-0.3, -0.25) is 9.59 Å². The molecule has 3 atom stereocenters. The van der Waals surface area contributed by atoms with E-state index in [0.717, 1.165) is 5.56 Å². The molecular weight excluding hydrogens is 386 g/mol. The van der Waals surface area contributed by atoms with E-state index in [2.05, 4.69) is 0 Å². The van der Waals surface area contributed by atoms with Gasteiger partial charge in [-0.15, -0.1) is 0 Å². The van der Waals surface area contributed by atoms with Gasteiger partial charge >= 0.3 is 5.97 Å². The molecule has 2 aliphatic rings. The van der Waals surface area contributed by atoms with Gasteiger partial charge in [-0.05, 0) is 37.7 Å². The fourth-order valence-corrected chi connectivity index (χ4v) is 4.37. The number of rotatable bonds is 8. The molecule has 1 N–H and O–H groups in total. The van der Waals surface area contributed by atoms with Gasteiger partial charge in [-0.1, -0.05) is 51.1 Å². The van der Waals surface area contributed by atoms with Gasteiger partial charge < -0.3 is 19.5 Å². The van der Waals surface area contributed by atoms with Crippen LogP contribution in [0.25, 0.3) is 0 Å². The number of carbonyl (C=O) groups is 3. The Hall–Kier alpha value is -2.25. The van der Waals surface area contributed by atoms with Crippen LogP contribution in [0.3, 0.4) is 0 Å². The van der Waals surface area contributed by atoms with E-state index in [1.54, 1.807) is 13.8 Å². The van der Waals surface area contributed by atoms with Crippen LogP contribution in [0, 0.1) is 5.41 Å². The molecule has 0 radical (unpaired) electrons. The Morgan fingerprint density at radius 1 is 1.20 bits per heavy atom. The quantitative estimate of drug-likeness (QED) is 0.654. The molecule has 0 spiro atoms. The summed E-state index contributed by atoms with van der Waals surface area (Å²) in [6.45, 7) is 5.43. The molecule has 1 amide bonds. The van der Waals surface area contributed by atoms with Crippen LogP contribution in [-0.4, -0.2) is 58.8 Å². The number of aryl methyl sites for hydroxylation is 1. The summed E-state index contributed by atoms with van der Waals surface area (Å²) in [5.41, 5.74) is -1.38. The third-order valence-electron chi connectivity index (χ3n) is 6.63. The van der Waals surface area contributed by atoms with Gasteiger partial charge in [0.05, 0.1) is 6.10 Å². The number of ketones is 1. The number of carbonyl (C=O) groups excluding carboxylic acids is 2. The molecular formula is C23H31NO6. The maximum atomic E-state index is 13.3. The fourth-order valence-electron chi connectivity index (χ4n) is 4.37. The van der Waals surface area contributed by atoms with E-state index in [4.69, 9.17) is 9.47 Å². The van der Waals surface area contributed by atoms with Crippen LogP contribution in [0.4, 0.5) is 0 Å². The zero-order valence-corrected chi connectivity index (χ0v) is 17.9. The summed E-state index contributed by atoms with van der Waals surface area (Å²) in [7, 11) is 0. The van der Waals surface area contributed by atoms with Gasteiger partial charge in [0.1, 0.15) is 12.9 Å². The zero-order chi connectivity index (χ0) is 21.9. The van der Waals surface area contributed by atoms with Crippen molar-refractivity contribution >= 4 is 17.7 Å². The predicted molar refractivity (Wildman–Crippen MR) is 110 cm³/mol. The van der Waals surface area contributed by atoms with Gasteiger partial charge in [0.15, 0.2) is 5.54 Å². The molecule has 0 saturated carbocycles. The summed E-state index contributed by atoms with van der Waals surface area (Å²) in [6, 6.07) is 9.78. The van der Waals surface area contributed by atoms with E-state index in [-0.39, 0.29) is 19.8 Å². The molecule has 7 heteroatoms. The molecule has 3 unspecified atom stereocenters. The molecule has 1 aromatic carbocycles. The summed E-state index contributed by atoms with van der Waals surface area (Å²) in [6.07, 6.45) is 1.16. The van der Waals surface area contributed by atoms with Gasteiger partial charge in [-0.2, -0.15) is 0 Å². The highest BCUT2D eigenvalue weighted by Gasteiger charge is 2.61. The Kier molecular flexibility index (Phi) is 6.62. The zero-order valence-electron chi connectivity index (χ0n) is 17.9. The highest BCUT2D eigenvalue weighted by molar-refractivity contribution is 6.38. The molecule has 2 fully saturated rings. The van der Waals surface area contributed by atoms with Crippen molar-refractivity contribution in [1.82, 2.24) is 4.90 Å². The normalized spacial score (nSPS) is 26.3. The van der Waals surface area contributed by atoms with E-state index in [1.165, 1.54) is 4.90 Å². The van der Waals surface area contributed by atoms with Gasteiger partial charge in [0.25, 0.3) is 5.91 Å². The maximum absolute atomic E-state index is 13.3. The smallest absolute Gasteiger partial charge is 0.332 e. The van der Waals surface area contributed by atoms with Crippen molar-refractivity contribution in [1.29, 1.82) is 0 Å². The number of amides is 1. The number of piperidine rings is 1. The lowest BCUT2D eigenvalue weighted by molar-refractivity contribution is -0.179. The second-order valence-electron chi connectivity index (χ2n) is 8.79. The lowest BCUT2D eigenvalue weighted by Gasteiger charge is -2.49. The van der Waals surface area contributed by atoms with Crippen molar-refractivity contribution in [3.63, 3.8) is 0 Å². The maximum Gasteiger partial charge on any atom is 0.332 e. The summed E-state index contributed by atoms with van der Waals surface area (Å²) < 4.78 is 11.3. The molecule has 2 heterocycles. The Labute approximate surface area is 177 Å². The Balaban J connectivity index is 1.91. The first-order chi connectivity index (χ1) is 14.2. The van der Waals surface area contributed by atoms with Crippen molar-refractivity contribution in [3.05, 3.63) is 35.9 Å². The minimum absolute atomic E-state index is 0.000517. The highest BCUT2D eigenvalue weighted by atomic mass is 16.7. The summed E-state index contributed by atoms with van der Waals surface area (Å²) in [5, 5.41) is 10.4. The number of carboxylic acid groups (broad SMARTS) is 1. The van der Waals surface area contributed by atoms with Gasteiger partial charge in [0.2, 0.25) is 5.78 Å². The van der Waals surface area contributed by atoms with E-state index < -0.39 is 40.8 Å². The van der Waals surface area contributed by atoms with Crippen LogP contribution >= 0.6 is 0 Å². The van der Waals surface area contributed by atoms with E-state index in [1.807, 2.05) is 37.3 Å². The molecule has 2 saturated heterocycles. The van der Waals surface area contributed by atoms with Crippen molar-refractivity contribution in [2.75, 3.05) is 13.3 Å². The molecule has 0 aliphatic carbocycles. The van der Waals surface area contributed by atoms with Gasteiger partial charge in [-0.25, -0.2) is 4.79 Å². The molecule has 164 valence electrons. The molecule has 1 aromatic rings. The third kappa shape index (κ3) is 4.01. The number of likely N-dealkylation sites (tertiary alicyclic amines) is 1. The van der Waals surface area contributed by atoms with Crippen LogP contribution in [0.15, 0.2) is 30.3 Å². The average molecular weight is 418 g/mol. The van der Waals surface area contributed by atoms with Crippen LogP contribution in [0.1, 0.15) is 52.0 Å². The first kappa shape index (κ1) is 22.4. The van der Waals surface area contributed by atoms with Gasteiger partial charge in [0, 0.05) is 12.0 Å². The van der Waals surface area contributed by atoms with Crippen molar-refractivity contribution < 1.29 is 29.0 Å². The highest BCUT2D eigenvalue weighted by Crippen LogP contribution is 2.40. The number of hydrogen-bond acceptors (Lipinski definition) is 5. The molecule has 0 aromatic heterocycles. The van der Waals surface area contributed by atoms with Crippen LogP contribution in [0.5, 0.6) is 0 Å². The van der Waals surface area contributed by atoms with Crippen LogP contribution < -0.4 is 0 Å². The molecule has 2 aliphatic heterocycles. The van der Waals surface area contributed by atoms with Crippen molar-refractivity contribution in [3.8, 4) is 0 Å². The molecule has 30 heavy (non-hydrogen) atoms.